The highest BCUT2D eigenvalue weighted by Crippen LogP contribution is 2.20. The van der Waals surface area contributed by atoms with E-state index in [1.165, 1.54) is 5.56 Å². The van der Waals surface area contributed by atoms with Crippen molar-refractivity contribution < 1.29 is 9.53 Å². The molecule has 0 aliphatic carbocycles. The molecule has 21 heavy (non-hydrogen) atoms. The van der Waals surface area contributed by atoms with Gasteiger partial charge >= 0.3 is 6.03 Å². The van der Waals surface area contributed by atoms with Crippen LogP contribution in [0.25, 0.3) is 0 Å². The van der Waals surface area contributed by atoms with E-state index in [0.29, 0.717) is 18.1 Å². The van der Waals surface area contributed by atoms with E-state index in [2.05, 4.69) is 15.6 Å². The highest BCUT2D eigenvalue weighted by Gasteiger charge is 2.02. The summed E-state index contributed by atoms with van der Waals surface area (Å²) in [7, 11) is 0. The molecule has 1 aromatic heterocycles. The first-order valence-corrected chi connectivity index (χ1v) is 6.93. The molecule has 5 heteroatoms. The second kappa shape index (κ2) is 7.28. The molecular weight excluding hydrogens is 266 g/mol. The zero-order valence-corrected chi connectivity index (χ0v) is 12.2. The summed E-state index contributed by atoms with van der Waals surface area (Å²) >= 11 is 0. The zero-order chi connectivity index (χ0) is 15.1. The van der Waals surface area contributed by atoms with Gasteiger partial charge in [0, 0.05) is 12.6 Å². The Labute approximate surface area is 124 Å². The van der Waals surface area contributed by atoms with Crippen LogP contribution in [-0.2, 0) is 0 Å². The number of nitrogens with one attached hydrogen (secondary N) is 2. The topological polar surface area (TPSA) is 63.2 Å². The maximum Gasteiger partial charge on any atom is 0.319 e. The molecule has 0 radical (unpaired) electrons. The molecule has 1 heterocycles. The predicted octanol–water partition coefficient (Wildman–Crippen LogP) is 3.71. The van der Waals surface area contributed by atoms with Gasteiger partial charge in [-0.15, -0.1) is 0 Å². The van der Waals surface area contributed by atoms with Crippen molar-refractivity contribution in [2.75, 3.05) is 11.9 Å². The standard InChI is InChI=1S/C16H19N3O2/c1-3-10-17-16(20)19-13-6-9-15(18-11-13)21-14-7-4-12(2)5-8-14/h4-9,11H,3,10H2,1-2H3,(H2,17,19,20). The van der Waals surface area contributed by atoms with E-state index in [1.54, 1.807) is 18.3 Å². The van der Waals surface area contributed by atoms with E-state index in [4.69, 9.17) is 4.74 Å². The second-order valence-corrected chi connectivity index (χ2v) is 4.68. The van der Waals surface area contributed by atoms with Crippen molar-refractivity contribution in [3.8, 4) is 11.6 Å². The van der Waals surface area contributed by atoms with Gasteiger partial charge < -0.3 is 15.4 Å². The van der Waals surface area contributed by atoms with Crippen LogP contribution in [-0.4, -0.2) is 17.6 Å². The van der Waals surface area contributed by atoms with Gasteiger partial charge in [0.1, 0.15) is 5.75 Å². The number of hydrogen-bond donors (Lipinski definition) is 2. The molecule has 5 nitrogen and oxygen atoms in total. The third kappa shape index (κ3) is 4.80. The zero-order valence-electron chi connectivity index (χ0n) is 12.2. The van der Waals surface area contributed by atoms with E-state index < -0.39 is 0 Å². The van der Waals surface area contributed by atoms with E-state index >= 15 is 0 Å². The van der Waals surface area contributed by atoms with Crippen LogP contribution in [0.3, 0.4) is 0 Å². The normalized spacial score (nSPS) is 10.0. The van der Waals surface area contributed by atoms with Crippen LogP contribution < -0.4 is 15.4 Å². The number of urea groups is 1. The molecular formula is C16H19N3O2. The van der Waals surface area contributed by atoms with Crippen molar-refractivity contribution in [1.29, 1.82) is 0 Å². The Bertz CT molecular complexity index is 579. The third-order valence-corrected chi connectivity index (χ3v) is 2.77. The molecule has 0 atom stereocenters. The molecule has 0 aliphatic rings. The highest BCUT2D eigenvalue weighted by molar-refractivity contribution is 5.88. The number of anilines is 1. The summed E-state index contributed by atoms with van der Waals surface area (Å²) < 4.78 is 5.62. The first-order valence-electron chi connectivity index (χ1n) is 6.93. The van der Waals surface area contributed by atoms with Gasteiger partial charge in [-0.2, -0.15) is 0 Å². The quantitative estimate of drug-likeness (QED) is 0.880. The van der Waals surface area contributed by atoms with Gasteiger partial charge in [-0.25, -0.2) is 9.78 Å². The fourth-order valence-corrected chi connectivity index (χ4v) is 1.66. The van der Waals surface area contributed by atoms with Crippen LogP contribution in [0.1, 0.15) is 18.9 Å². The molecule has 2 amide bonds. The van der Waals surface area contributed by atoms with Crippen LogP contribution in [0.5, 0.6) is 11.6 Å². The fraction of sp³-hybridized carbons (Fsp3) is 0.250. The average molecular weight is 285 g/mol. The lowest BCUT2D eigenvalue weighted by molar-refractivity contribution is 0.252. The number of rotatable bonds is 5. The van der Waals surface area contributed by atoms with E-state index in [9.17, 15) is 4.79 Å². The third-order valence-electron chi connectivity index (χ3n) is 2.77. The lowest BCUT2D eigenvalue weighted by atomic mass is 10.2. The Hall–Kier alpha value is -2.56. The predicted molar refractivity (Wildman–Crippen MR) is 82.8 cm³/mol. The van der Waals surface area contributed by atoms with E-state index in [-0.39, 0.29) is 6.03 Å². The molecule has 0 spiro atoms. The summed E-state index contributed by atoms with van der Waals surface area (Å²) in [6, 6.07) is 11.0. The number of hydrogen-bond acceptors (Lipinski definition) is 3. The lowest BCUT2D eigenvalue weighted by Gasteiger charge is -2.08. The molecule has 110 valence electrons. The summed E-state index contributed by atoms with van der Waals surface area (Å²) in [5.41, 5.74) is 1.80. The minimum Gasteiger partial charge on any atom is -0.439 e. The fourth-order valence-electron chi connectivity index (χ4n) is 1.66. The molecule has 2 aromatic rings. The number of carbonyl (C=O) groups excluding carboxylic acids is 1. The molecule has 0 saturated carbocycles. The summed E-state index contributed by atoms with van der Waals surface area (Å²) in [6.07, 6.45) is 2.46. The summed E-state index contributed by atoms with van der Waals surface area (Å²) in [5.74, 6) is 1.22. The van der Waals surface area contributed by atoms with Gasteiger partial charge in [0.15, 0.2) is 0 Å². The Kier molecular flexibility index (Phi) is 5.15. The van der Waals surface area contributed by atoms with Crippen molar-refractivity contribution in [3.05, 3.63) is 48.2 Å². The number of carbonyl (C=O) groups is 1. The maximum atomic E-state index is 11.5. The maximum absolute atomic E-state index is 11.5. The van der Waals surface area contributed by atoms with Crippen LogP contribution in [0.4, 0.5) is 10.5 Å². The number of pyridine rings is 1. The van der Waals surface area contributed by atoms with Gasteiger partial charge in [0.25, 0.3) is 0 Å². The second-order valence-electron chi connectivity index (χ2n) is 4.68. The van der Waals surface area contributed by atoms with Crippen molar-refractivity contribution >= 4 is 11.7 Å². The Morgan fingerprint density at radius 3 is 2.57 bits per heavy atom. The van der Waals surface area contributed by atoms with Gasteiger partial charge in [-0.05, 0) is 31.5 Å². The van der Waals surface area contributed by atoms with Crippen LogP contribution in [0.2, 0.25) is 0 Å². The first-order chi connectivity index (χ1) is 10.2. The highest BCUT2D eigenvalue weighted by atomic mass is 16.5. The van der Waals surface area contributed by atoms with Crippen molar-refractivity contribution in [1.82, 2.24) is 10.3 Å². The van der Waals surface area contributed by atoms with Crippen molar-refractivity contribution in [3.63, 3.8) is 0 Å². The largest absolute Gasteiger partial charge is 0.439 e. The number of nitrogens with zero attached hydrogens (tertiary/aromatic N) is 1. The Morgan fingerprint density at radius 1 is 1.19 bits per heavy atom. The first kappa shape index (κ1) is 14.8. The van der Waals surface area contributed by atoms with Crippen LogP contribution in [0, 0.1) is 6.92 Å². The van der Waals surface area contributed by atoms with Gasteiger partial charge in [0.05, 0.1) is 11.9 Å². The number of aromatic nitrogens is 1. The number of aryl methyl sites for hydroxylation is 1. The molecule has 2 N–H and O–H groups in total. The minimum absolute atomic E-state index is 0.231. The summed E-state index contributed by atoms with van der Waals surface area (Å²) in [4.78, 5) is 15.7. The monoisotopic (exact) mass is 285 g/mol. The molecule has 1 aromatic carbocycles. The summed E-state index contributed by atoms with van der Waals surface area (Å²) in [6.45, 7) is 4.67. The Morgan fingerprint density at radius 2 is 1.95 bits per heavy atom. The minimum atomic E-state index is -0.231. The van der Waals surface area contributed by atoms with Crippen molar-refractivity contribution in [2.24, 2.45) is 0 Å². The van der Waals surface area contributed by atoms with Crippen molar-refractivity contribution in [2.45, 2.75) is 20.3 Å². The molecule has 2 rings (SSSR count). The molecule has 0 bridgehead atoms. The smallest absolute Gasteiger partial charge is 0.319 e. The average Bonchev–Trinajstić information content (AvgIpc) is 2.49. The molecule has 0 aliphatic heterocycles. The van der Waals surface area contributed by atoms with E-state index in [0.717, 1.165) is 12.2 Å². The molecule has 0 fully saturated rings. The number of amides is 2. The van der Waals surface area contributed by atoms with Crippen LogP contribution >= 0.6 is 0 Å². The number of ether oxygens (including phenoxy) is 1. The Balaban J connectivity index is 1.92. The van der Waals surface area contributed by atoms with E-state index in [1.807, 2.05) is 38.1 Å². The van der Waals surface area contributed by atoms with Gasteiger partial charge in [0.2, 0.25) is 5.88 Å². The molecule has 0 saturated heterocycles. The molecule has 0 unspecified atom stereocenters. The lowest BCUT2D eigenvalue weighted by Crippen LogP contribution is -2.29. The van der Waals surface area contributed by atoms with Gasteiger partial charge in [-0.3, -0.25) is 0 Å². The van der Waals surface area contributed by atoms with Crippen LogP contribution in [0.15, 0.2) is 42.6 Å². The SMILES string of the molecule is CCCNC(=O)Nc1ccc(Oc2ccc(C)cc2)nc1. The van der Waals surface area contributed by atoms with Gasteiger partial charge in [-0.1, -0.05) is 24.6 Å². The number of benzene rings is 1. The summed E-state index contributed by atoms with van der Waals surface area (Å²) in [5, 5.41) is 5.44.